The fourth-order valence-electron chi connectivity index (χ4n) is 9.43. The third-order valence-corrected chi connectivity index (χ3v) is 14.2. The maximum absolute atomic E-state index is 13.9. The van der Waals surface area contributed by atoms with E-state index in [9.17, 15) is 76.2 Å². The summed E-state index contributed by atoms with van der Waals surface area (Å²) in [5.41, 5.74) is 1.52. The molecule has 2 aromatic carbocycles. The molecule has 4 amide bonds. The van der Waals surface area contributed by atoms with E-state index in [0.29, 0.717) is 34.5 Å². The average Bonchev–Trinajstić information content (AvgIpc) is 4.17. The number of alkyl halides is 3. The molecule has 1 saturated carbocycles. The number of rotatable bonds is 27. The molecule has 4 aliphatic rings. The lowest BCUT2D eigenvalue weighted by atomic mass is 9.98. The molecule has 4 heterocycles. The van der Waals surface area contributed by atoms with Crippen LogP contribution in [0.25, 0.3) is 16.9 Å². The number of likely N-dealkylation sites (tertiary alicyclic amines) is 1. The fraction of sp³-hybridized carbons (Fsp3) is 0.490. The van der Waals surface area contributed by atoms with Crippen LogP contribution in [0.3, 0.4) is 0 Å². The predicted octanol–water partition coefficient (Wildman–Crippen LogP) is -0.849. The Morgan fingerprint density at radius 3 is 2.19 bits per heavy atom. The predicted molar refractivity (Wildman–Crippen MR) is 271 cm³/mol. The molecule has 10 N–H and O–H groups in total. The largest absolute Gasteiger partial charge is 0.479 e. The summed E-state index contributed by atoms with van der Waals surface area (Å²) in [6.45, 7) is 0.465. The summed E-state index contributed by atoms with van der Waals surface area (Å²) in [6, 6.07) is 11.9. The highest BCUT2D eigenvalue weighted by molar-refractivity contribution is 7.84. The number of piperidine rings is 1. The van der Waals surface area contributed by atoms with Crippen molar-refractivity contribution >= 4 is 51.2 Å². The average molecular weight is 1170 g/mol. The van der Waals surface area contributed by atoms with Crippen LogP contribution >= 0.6 is 0 Å². The van der Waals surface area contributed by atoms with Gasteiger partial charge in [0.05, 0.1) is 88.5 Å². The smallest absolute Gasteiger partial charge is 0.416 e. The number of carboxylic acids is 1. The van der Waals surface area contributed by atoms with Crippen LogP contribution in [0, 0.1) is 19.3 Å². The first-order valence-corrected chi connectivity index (χ1v) is 26.7. The number of carboxylic acid groups (broad SMARTS) is 1. The van der Waals surface area contributed by atoms with E-state index < -0.39 is 101 Å². The van der Waals surface area contributed by atoms with E-state index in [1.165, 1.54) is 40.9 Å². The second-order valence-corrected chi connectivity index (χ2v) is 20.6. The van der Waals surface area contributed by atoms with Gasteiger partial charge in [0.15, 0.2) is 6.10 Å². The molecule has 2 aliphatic carbocycles. The molecule has 2 aromatic heterocycles. The molecular formula is C51H62F3N7O19S. The van der Waals surface area contributed by atoms with Crippen LogP contribution in [0.4, 0.5) is 18.9 Å². The molecule has 4 aromatic rings. The zero-order chi connectivity index (χ0) is 57.6. The summed E-state index contributed by atoms with van der Waals surface area (Å²) in [6.07, 6.45) is -15.5. The van der Waals surface area contributed by atoms with Crippen molar-refractivity contribution in [2.24, 2.45) is 17.0 Å². The van der Waals surface area contributed by atoms with Crippen molar-refractivity contribution < 1.29 is 109 Å². The van der Waals surface area contributed by atoms with Crippen LogP contribution in [-0.4, -0.2) is 185 Å². The van der Waals surface area contributed by atoms with Gasteiger partial charge in [-0.15, -0.1) is 4.52 Å². The van der Waals surface area contributed by atoms with Crippen LogP contribution in [0.2, 0.25) is 0 Å². The van der Waals surface area contributed by atoms with Crippen molar-refractivity contribution in [1.82, 2.24) is 19.8 Å². The van der Waals surface area contributed by atoms with Crippen molar-refractivity contribution in [3.8, 4) is 17.0 Å². The number of fused-ring (bicyclic) bond motifs is 1. The molecule has 0 bridgehead atoms. The number of aliphatic hydroxyl groups excluding tert-OH is 5. The zero-order valence-electron chi connectivity index (χ0n) is 43.5. The van der Waals surface area contributed by atoms with Gasteiger partial charge in [0.2, 0.25) is 18.1 Å². The van der Waals surface area contributed by atoms with Crippen molar-refractivity contribution in [3.05, 3.63) is 96.2 Å². The number of ether oxygens (including phenoxy) is 5. The van der Waals surface area contributed by atoms with Crippen LogP contribution in [0.15, 0.2) is 71.9 Å². The summed E-state index contributed by atoms with van der Waals surface area (Å²) < 4.78 is 99.8. The van der Waals surface area contributed by atoms with Crippen molar-refractivity contribution in [2.75, 3.05) is 64.7 Å². The van der Waals surface area contributed by atoms with E-state index in [1.807, 2.05) is 0 Å². The van der Waals surface area contributed by atoms with Gasteiger partial charge in [-0.2, -0.15) is 21.6 Å². The van der Waals surface area contributed by atoms with Crippen molar-refractivity contribution in [3.63, 3.8) is 0 Å². The van der Waals surface area contributed by atoms with Gasteiger partial charge in [-0.3, -0.25) is 28.3 Å². The number of aliphatic hydroxyl groups is 5. The monoisotopic (exact) mass is 1170 g/mol. The minimum absolute atomic E-state index is 0. The Kier molecular flexibility index (Phi) is 20.4. The quantitative estimate of drug-likeness (QED) is 0.0152. The van der Waals surface area contributed by atoms with Gasteiger partial charge in [-0.1, -0.05) is 23.3 Å². The summed E-state index contributed by atoms with van der Waals surface area (Å²) in [4.78, 5) is 63.1. The lowest BCUT2D eigenvalue weighted by Gasteiger charge is -2.38. The van der Waals surface area contributed by atoms with Gasteiger partial charge in [0, 0.05) is 60.9 Å². The lowest BCUT2D eigenvalue weighted by molar-refractivity contribution is -0.665. The number of aromatic nitrogens is 3. The molecule has 2 aliphatic heterocycles. The first kappa shape index (κ1) is 62.1. The number of nitrogens with two attached hydrogens (primary N) is 1. The van der Waals surface area contributed by atoms with Gasteiger partial charge in [0.1, 0.15) is 42.0 Å². The summed E-state index contributed by atoms with van der Waals surface area (Å²) >= 11 is 0. The molecule has 1 saturated heterocycles. The zero-order valence-corrected chi connectivity index (χ0v) is 44.3. The number of nitrogens with zero attached hydrogens (tertiary/aromatic N) is 4. The Morgan fingerprint density at radius 1 is 0.827 bits per heavy atom. The molecule has 26 nitrogen and oxygen atoms in total. The number of amides is 4. The maximum Gasteiger partial charge on any atom is 0.416 e. The number of nitrogens with one attached hydrogen (secondary N) is 2. The van der Waals surface area contributed by atoms with E-state index in [4.69, 9.17) is 28.8 Å². The minimum atomic E-state index is -4.68. The summed E-state index contributed by atoms with van der Waals surface area (Å²) in [5.74, 6) is -5.02. The Bertz CT molecular complexity index is 3080. The Balaban J connectivity index is 0.00000946. The molecule has 2 fully saturated rings. The van der Waals surface area contributed by atoms with Crippen LogP contribution in [0.5, 0.6) is 5.75 Å². The second-order valence-electron chi connectivity index (χ2n) is 19.3. The molecule has 30 heteroatoms. The lowest BCUT2D eigenvalue weighted by Crippen LogP contribution is -2.61. The number of imide groups is 1. The number of halogens is 3. The number of anilines is 1. The normalized spacial score (nSPS) is 23.6. The molecular weight excluding hydrogens is 1100 g/mol. The first-order valence-electron chi connectivity index (χ1n) is 25.2. The molecule has 0 radical (unpaired) electrons. The third-order valence-electron chi connectivity index (χ3n) is 13.7. The van der Waals surface area contributed by atoms with Crippen molar-refractivity contribution in [1.29, 1.82) is 0 Å². The molecule has 442 valence electrons. The van der Waals surface area contributed by atoms with Crippen LogP contribution in [-0.2, 0) is 76.5 Å². The SMILES string of the molecule is NS(=O)(=O)OC[C@H]1C[C@@H](Cc2cc[n+](Cc3ccc(O[C@@H]4O[C@H](C(=O)O)[C@@H](O)[C@H](O)[C@H]4O)c(NC(=O)CCNC(=O)CCOCCOCCOCCN4C(=O)C5=C(C5)C4=O)c3)c3cc(-c4cccc(C(F)(F)F)c4)nn23)[C@H](O)[C@@H]1O.[CH3-]. The second kappa shape index (κ2) is 26.6. The van der Waals surface area contributed by atoms with E-state index in [0.717, 1.165) is 17.0 Å². The topological polar surface area (TPSA) is 371 Å². The first-order chi connectivity index (χ1) is 38.0. The van der Waals surface area contributed by atoms with Crippen molar-refractivity contribution in [2.45, 2.75) is 87.7 Å². The van der Waals surface area contributed by atoms with E-state index >= 15 is 0 Å². The molecule has 81 heavy (non-hydrogen) atoms. The number of carbonyl (C=O) groups excluding carboxylic acids is 4. The number of hydrogen-bond acceptors (Lipinski definition) is 19. The van der Waals surface area contributed by atoms with Crippen LogP contribution in [0.1, 0.15) is 42.5 Å². The van der Waals surface area contributed by atoms with Gasteiger partial charge >= 0.3 is 28.1 Å². The Labute approximate surface area is 461 Å². The highest BCUT2D eigenvalue weighted by Crippen LogP contribution is 2.40. The molecule has 0 unspecified atom stereocenters. The number of aliphatic carboxylic acids is 1. The molecule has 8 rings (SSSR count). The van der Waals surface area contributed by atoms with Gasteiger partial charge in [-0.25, -0.2) is 14.5 Å². The molecule has 0 spiro atoms. The van der Waals surface area contributed by atoms with Gasteiger partial charge < -0.3 is 72.4 Å². The van der Waals surface area contributed by atoms with E-state index in [-0.39, 0.29) is 127 Å². The Morgan fingerprint density at radius 2 is 1.51 bits per heavy atom. The summed E-state index contributed by atoms with van der Waals surface area (Å²) in [5, 5.41) is 77.8. The van der Waals surface area contributed by atoms with E-state index in [2.05, 4.69) is 19.9 Å². The highest BCUT2D eigenvalue weighted by Gasteiger charge is 2.49. The molecule has 9 atom stereocenters. The fourth-order valence-corrected chi connectivity index (χ4v) is 9.80. The number of benzene rings is 2. The van der Waals surface area contributed by atoms with Gasteiger partial charge in [-0.05, 0) is 42.2 Å². The number of hydrogen-bond donors (Lipinski definition) is 9. The Hall–Kier alpha value is -6.55. The van der Waals surface area contributed by atoms with Crippen LogP contribution < -0.4 is 25.1 Å². The minimum Gasteiger partial charge on any atom is -0.479 e. The standard InChI is InChI=1S/C50H58F3N7O19S.CH3/c51-50(52,53)30-3-1-2-27(20-30)34-23-39-58(10-7-31(60(39)57-34)21-28-19-29(41(64)40(28)63)25-77-80(54,72)73)24-26-4-5-36(78-49-44(67)42(65)43(66)45(79-49)48(70)71)35(18-26)56-38(62)6-9-55-37(61)8-12-74-14-16-76-17-15-75-13-11-59-46(68)32-22-33(32)47(59)69;/h1-5,7,10,18,20,23,28-29,40-45,49,63-67H,6,8-9,11-17,19,21-22,24-25H2,(H4-,54,55,56,61,62,70,71,72,73);1H3/q;-1/p+1/t28-,29+,40-,41+,42-,43-,44+,45-,49+;/m0./s1. The van der Waals surface area contributed by atoms with Gasteiger partial charge in [0.25, 0.3) is 11.8 Å². The third kappa shape index (κ3) is 15.5. The number of carbonyl (C=O) groups is 5. The highest BCUT2D eigenvalue weighted by atomic mass is 32.2. The maximum atomic E-state index is 13.9. The van der Waals surface area contributed by atoms with E-state index in [1.54, 1.807) is 16.8 Å². The summed E-state index contributed by atoms with van der Waals surface area (Å²) in [7, 11) is -4.36.